The minimum absolute atomic E-state index is 0.0438. The molecular weight excluding hydrogens is 218 g/mol. The van der Waals surface area contributed by atoms with Gasteiger partial charge in [0, 0.05) is 44.2 Å². The van der Waals surface area contributed by atoms with Crippen LogP contribution in [0.2, 0.25) is 0 Å². The summed E-state index contributed by atoms with van der Waals surface area (Å²) in [5.74, 6) is -0.321. The minimum Gasteiger partial charge on any atom is -0.329 e. The summed E-state index contributed by atoms with van der Waals surface area (Å²) in [6, 6.07) is 3.72. The maximum Gasteiger partial charge on any atom is 0.229 e. The topological polar surface area (TPSA) is 76.3 Å². The normalized spacial score (nSPS) is 17.6. The van der Waals surface area contributed by atoms with E-state index in [9.17, 15) is 9.59 Å². The number of carbonyl (C=O) groups is 2. The van der Waals surface area contributed by atoms with Crippen LogP contribution >= 0.6 is 0 Å². The Kier molecular flexibility index (Phi) is 3.49. The number of amides is 2. The van der Waals surface area contributed by atoms with Gasteiger partial charge in [0.05, 0.1) is 0 Å². The summed E-state index contributed by atoms with van der Waals surface area (Å²) in [6.45, 7) is 0.631. The molecule has 2 amide bonds. The lowest BCUT2D eigenvalue weighted by Crippen LogP contribution is -2.45. The molecule has 2 N–H and O–H groups in total. The molecule has 1 saturated heterocycles. The molecule has 5 nitrogen and oxygen atoms in total. The fourth-order valence-corrected chi connectivity index (χ4v) is 2.08. The number of piperidine rings is 1. The van der Waals surface area contributed by atoms with Crippen molar-refractivity contribution >= 4 is 11.8 Å². The quantitative estimate of drug-likeness (QED) is 0.760. The molecule has 17 heavy (non-hydrogen) atoms. The van der Waals surface area contributed by atoms with E-state index in [1.807, 2.05) is 12.1 Å². The number of pyridine rings is 1. The van der Waals surface area contributed by atoms with Gasteiger partial charge in [0.1, 0.15) is 0 Å². The summed E-state index contributed by atoms with van der Waals surface area (Å²) < 4.78 is 0. The Morgan fingerprint density at radius 1 is 1.35 bits per heavy atom. The van der Waals surface area contributed by atoms with E-state index in [0.29, 0.717) is 25.9 Å². The Bertz CT molecular complexity index is 401. The second kappa shape index (κ2) is 5.05. The van der Waals surface area contributed by atoms with Crippen LogP contribution in [0.1, 0.15) is 24.3 Å². The van der Waals surface area contributed by atoms with Crippen LogP contribution < -0.4 is 5.73 Å². The van der Waals surface area contributed by atoms with Crippen molar-refractivity contribution in [1.82, 2.24) is 9.88 Å². The molecule has 90 valence electrons. The summed E-state index contributed by atoms with van der Waals surface area (Å²) in [5.41, 5.74) is 6.32. The first-order chi connectivity index (χ1) is 8.22. The van der Waals surface area contributed by atoms with Crippen molar-refractivity contribution in [3.63, 3.8) is 0 Å². The van der Waals surface area contributed by atoms with Gasteiger partial charge in [-0.25, -0.2) is 0 Å². The molecule has 0 saturated carbocycles. The van der Waals surface area contributed by atoms with Crippen LogP contribution in [0.5, 0.6) is 0 Å². The molecule has 2 heterocycles. The minimum atomic E-state index is -0.138. The predicted molar refractivity (Wildman–Crippen MR) is 62.0 cm³/mol. The smallest absolute Gasteiger partial charge is 0.229 e. The number of carbonyl (C=O) groups excluding carboxylic acids is 2. The molecule has 2 rings (SSSR count). The van der Waals surface area contributed by atoms with Crippen LogP contribution in [0, 0.1) is 0 Å². The van der Waals surface area contributed by atoms with Crippen molar-refractivity contribution in [2.75, 3.05) is 13.1 Å². The molecule has 1 fully saturated rings. The molecule has 1 aromatic rings. The molecule has 0 radical (unpaired) electrons. The van der Waals surface area contributed by atoms with E-state index in [0.717, 1.165) is 5.56 Å². The van der Waals surface area contributed by atoms with Crippen molar-refractivity contribution in [1.29, 1.82) is 0 Å². The van der Waals surface area contributed by atoms with Crippen molar-refractivity contribution in [3.8, 4) is 0 Å². The van der Waals surface area contributed by atoms with E-state index in [2.05, 4.69) is 4.98 Å². The van der Waals surface area contributed by atoms with Crippen molar-refractivity contribution in [2.45, 2.75) is 18.8 Å². The molecule has 0 atom stereocenters. The molecule has 0 bridgehead atoms. The third kappa shape index (κ3) is 2.50. The molecule has 0 spiro atoms. The highest BCUT2D eigenvalue weighted by Crippen LogP contribution is 2.28. The third-order valence-corrected chi connectivity index (χ3v) is 2.95. The number of rotatable bonds is 3. The average molecular weight is 233 g/mol. The van der Waals surface area contributed by atoms with Crippen LogP contribution in [-0.4, -0.2) is 34.8 Å². The van der Waals surface area contributed by atoms with E-state index in [4.69, 9.17) is 5.73 Å². The number of hydrogen-bond donors (Lipinski definition) is 1. The van der Waals surface area contributed by atoms with Gasteiger partial charge in [-0.05, 0) is 11.6 Å². The Balaban J connectivity index is 2.12. The zero-order valence-corrected chi connectivity index (χ0v) is 9.50. The maximum absolute atomic E-state index is 11.8. The van der Waals surface area contributed by atoms with Crippen molar-refractivity contribution in [2.24, 2.45) is 5.73 Å². The van der Waals surface area contributed by atoms with E-state index in [-0.39, 0.29) is 17.7 Å². The number of likely N-dealkylation sites (tertiary alicyclic amines) is 1. The number of nitrogens with two attached hydrogens (primary N) is 1. The van der Waals surface area contributed by atoms with Gasteiger partial charge in [0.25, 0.3) is 0 Å². The summed E-state index contributed by atoms with van der Waals surface area (Å²) in [6.07, 6.45) is 4.11. The Morgan fingerprint density at radius 3 is 2.59 bits per heavy atom. The van der Waals surface area contributed by atoms with Gasteiger partial charge in [0.15, 0.2) is 0 Å². The monoisotopic (exact) mass is 233 g/mol. The molecule has 0 aliphatic carbocycles. The van der Waals surface area contributed by atoms with Crippen LogP contribution in [0.25, 0.3) is 0 Å². The van der Waals surface area contributed by atoms with Crippen LogP contribution in [0.3, 0.4) is 0 Å². The number of imide groups is 1. The SMILES string of the molecule is NCCN1C(=O)CC(c2cccnc2)CC1=O. The fraction of sp³-hybridized carbons (Fsp3) is 0.417. The van der Waals surface area contributed by atoms with Gasteiger partial charge >= 0.3 is 0 Å². The molecule has 1 aliphatic rings. The molecular formula is C12H15N3O2. The second-order valence-corrected chi connectivity index (χ2v) is 4.12. The van der Waals surface area contributed by atoms with Crippen LogP contribution in [-0.2, 0) is 9.59 Å². The first-order valence-electron chi connectivity index (χ1n) is 5.65. The molecule has 1 aromatic heterocycles. The fourth-order valence-electron chi connectivity index (χ4n) is 2.08. The molecule has 0 aromatic carbocycles. The first kappa shape index (κ1) is 11.7. The largest absolute Gasteiger partial charge is 0.329 e. The molecule has 5 heteroatoms. The van der Waals surface area contributed by atoms with Crippen molar-refractivity contribution < 1.29 is 9.59 Å². The first-order valence-corrected chi connectivity index (χ1v) is 5.65. The summed E-state index contributed by atoms with van der Waals surface area (Å²) in [4.78, 5) is 28.9. The van der Waals surface area contributed by atoms with Crippen LogP contribution in [0.4, 0.5) is 0 Å². The number of aromatic nitrogens is 1. The lowest BCUT2D eigenvalue weighted by atomic mass is 9.89. The van der Waals surface area contributed by atoms with E-state index in [1.165, 1.54) is 4.90 Å². The number of hydrogen-bond acceptors (Lipinski definition) is 4. The maximum atomic E-state index is 11.8. The lowest BCUT2D eigenvalue weighted by molar-refractivity contribution is -0.148. The zero-order valence-electron chi connectivity index (χ0n) is 9.50. The second-order valence-electron chi connectivity index (χ2n) is 4.12. The zero-order chi connectivity index (χ0) is 12.3. The summed E-state index contributed by atoms with van der Waals surface area (Å²) >= 11 is 0. The van der Waals surface area contributed by atoms with Gasteiger partial charge in [-0.15, -0.1) is 0 Å². The number of nitrogens with zero attached hydrogens (tertiary/aromatic N) is 2. The third-order valence-electron chi connectivity index (χ3n) is 2.95. The summed E-state index contributed by atoms with van der Waals surface area (Å²) in [7, 11) is 0. The van der Waals surface area contributed by atoms with E-state index >= 15 is 0 Å². The Morgan fingerprint density at radius 2 is 2.06 bits per heavy atom. The highest BCUT2D eigenvalue weighted by Gasteiger charge is 2.32. The van der Waals surface area contributed by atoms with Crippen molar-refractivity contribution in [3.05, 3.63) is 30.1 Å². The molecule has 0 unspecified atom stereocenters. The van der Waals surface area contributed by atoms with E-state index < -0.39 is 0 Å². The van der Waals surface area contributed by atoms with Gasteiger partial charge in [-0.3, -0.25) is 19.5 Å². The van der Waals surface area contributed by atoms with Gasteiger partial charge in [-0.2, -0.15) is 0 Å². The highest BCUT2D eigenvalue weighted by atomic mass is 16.2. The highest BCUT2D eigenvalue weighted by molar-refractivity contribution is 5.98. The predicted octanol–water partition coefficient (Wildman–Crippen LogP) is 0.273. The lowest BCUT2D eigenvalue weighted by Gasteiger charge is -2.29. The summed E-state index contributed by atoms with van der Waals surface area (Å²) in [5, 5.41) is 0. The average Bonchev–Trinajstić information content (AvgIpc) is 2.35. The Labute approximate surface area is 99.6 Å². The van der Waals surface area contributed by atoms with Crippen LogP contribution in [0.15, 0.2) is 24.5 Å². The van der Waals surface area contributed by atoms with Gasteiger partial charge < -0.3 is 5.73 Å². The van der Waals surface area contributed by atoms with Gasteiger partial charge in [0.2, 0.25) is 11.8 Å². The molecule has 1 aliphatic heterocycles. The standard InChI is InChI=1S/C12H15N3O2/c13-3-5-15-11(16)6-10(7-12(15)17)9-2-1-4-14-8-9/h1-2,4,8,10H,3,5-7,13H2. The Hall–Kier alpha value is -1.75. The van der Waals surface area contributed by atoms with Gasteiger partial charge in [-0.1, -0.05) is 6.07 Å². The van der Waals surface area contributed by atoms with E-state index in [1.54, 1.807) is 12.4 Å².